The Labute approximate surface area is 136 Å². The van der Waals surface area contributed by atoms with Gasteiger partial charge in [0.1, 0.15) is 6.04 Å². The monoisotopic (exact) mass is 305 g/mol. The summed E-state index contributed by atoms with van der Waals surface area (Å²) in [5, 5.41) is 15.0. The van der Waals surface area contributed by atoms with Gasteiger partial charge >= 0.3 is 0 Å². The van der Waals surface area contributed by atoms with Gasteiger partial charge in [-0.3, -0.25) is 4.79 Å². The van der Waals surface area contributed by atoms with E-state index >= 15 is 0 Å². The Bertz CT molecular complexity index is 776. The summed E-state index contributed by atoms with van der Waals surface area (Å²) < 4.78 is 0. The smallest absolute Gasteiger partial charge is 0.246 e. The molecule has 0 heterocycles. The fourth-order valence-electron chi connectivity index (χ4n) is 2.89. The maximum absolute atomic E-state index is 12.3. The van der Waals surface area contributed by atoms with E-state index in [0.717, 1.165) is 18.5 Å². The van der Waals surface area contributed by atoms with Gasteiger partial charge in [-0.15, -0.1) is 0 Å². The summed E-state index contributed by atoms with van der Waals surface area (Å²) in [5.41, 5.74) is 4.93. The normalized spacial score (nSPS) is 13.7. The molecule has 1 atom stereocenters. The minimum absolute atomic E-state index is 0.124. The SMILES string of the molecule is CC(Nc1ccc2c(c1)CCC2)C(=O)Nc1cccc(C#N)c1. The largest absolute Gasteiger partial charge is 0.374 e. The molecule has 0 aliphatic heterocycles. The van der Waals surface area contributed by atoms with Gasteiger partial charge in [0.15, 0.2) is 0 Å². The number of aryl methyl sites for hydroxylation is 2. The lowest BCUT2D eigenvalue weighted by Crippen LogP contribution is -2.31. The number of rotatable bonds is 4. The molecule has 2 aromatic rings. The maximum Gasteiger partial charge on any atom is 0.246 e. The molecule has 0 saturated carbocycles. The Hall–Kier alpha value is -2.80. The van der Waals surface area contributed by atoms with Crippen LogP contribution in [0.4, 0.5) is 11.4 Å². The number of amides is 1. The molecule has 0 fully saturated rings. The van der Waals surface area contributed by atoms with Crippen LogP contribution in [-0.2, 0) is 17.6 Å². The van der Waals surface area contributed by atoms with Crippen LogP contribution < -0.4 is 10.6 Å². The maximum atomic E-state index is 12.3. The van der Waals surface area contributed by atoms with Crippen molar-refractivity contribution < 1.29 is 4.79 Å². The van der Waals surface area contributed by atoms with E-state index in [4.69, 9.17) is 5.26 Å². The predicted molar refractivity (Wildman–Crippen MR) is 91.3 cm³/mol. The zero-order valence-electron chi connectivity index (χ0n) is 13.1. The molecule has 0 bridgehead atoms. The number of nitrogens with zero attached hydrogens (tertiary/aromatic N) is 1. The zero-order valence-corrected chi connectivity index (χ0v) is 13.1. The van der Waals surface area contributed by atoms with Crippen molar-refractivity contribution in [3.05, 3.63) is 59.2 Å². The van der Waals surface area contributed by atoms with Crippen LogP contribution in [0.5, 0.6) is 0 Å². The van der Waals surface area contributed by atoms with Crippen molar-refractivity contribution in [1.29, 1.82) is 5.26 Å². The highest BCUT2D eigenvalue weighted by molar-refractivity contribution is 5.96. The number of hydrogen-bond acceptors (Lipinski definition) is 3. The average molecular weight is 305 g/mol. The number of nitriles is 1. The van der Waals surface area contributed by atoms with Crippen LogP contribution in [-0.4, -0.2) is 11.9 Å². The Balaban J connectivity index is 1.64. The minimum atomic E-state index is -0.361. The Morgan fingerprint density at radius 1 is 1.13 bits per heavy atom. The highest BCUT2D eigenvalue weighted by Crippen LogP contribution is 2.25. The van der Waals surface area contributed by atoms with Crippen molar-refractivity contribution in [2.24, 2.45) is 0 Å². The number of carbonyl (C=O) groups excluding carboxylic acids is 1. The summed E-state index contributed by atoms with van der Waals surface area (Å²) in [4.78, 5) is 12.3. The number of anilines is 2. The molecule has 4 nitrogen and oxygen atoms in total. The second-order valence-corrected chi connectivity index (χ2v) is 5.88. The van der Waals surface area contributed by atoms with Crippen LogP contribution in [0.2, 0.25) is 0 Å². The molecule has 1 unspecified atom stereocenters. The van der Waals surface area contributed by atoms with E-state index in [1.807, 2.05) is 13.0 Å². The van der Waals surface area contributed by atoms with E-state index in [1.165, 1.54) is 17.5 Å². The van der Waals surface area contributed by atoms with Crippen molar-refractivity contribution in [2.75, 3.05) is 10.6 Å². The zero-order chi connectivity index (χ0) is 16.2. The quantitative estimate of drug-likeness (QED) is 0.909. The summed E-state index contributed by atoms with van der Waals surface area (Å²) in [6, 6.07) is 14.9. The molecule has 1 amide bonds. The fourth-order valence-corrected chi connectivity index (χ4v) is 2.89. The first-order valence-electron chi connectivity index (χ1n) is 7.85. The Kier molecular flexibility index (Phi) is 4.29. The molecule has 116 valence electrons. The van der Waals surface area contributed by atoms with Crippen molar-refractivity contribution >= 4 is 17.3 Å². The van der Waals surface area contributed by atoms with E-state index < -0.39 is 0 Å². The predicted octanol–water partition coefficient (Wildman–Crippen LogP) is 3.49. The van der Waals surface area contributed by atoms with Crippen LogP contribution in [0.3, 0.4) is 0 Å². The second kappa shape index (κ2) is 6.53. The molecule has 4 heteroatoms. The second-order valence-electron chi connectivity index (χ2n) is 5.88. The summed E-state index contributed by atoms with van der Waals surface area (Å²) >= 11 is 0. The van der Waals surface area contributed by atoms with E-state index in [2.05, 4.69) is 28.8 Å². The van der Waals surface area contributed by atoms with Crippen molar-refractivity contribution in [1.82, 2.24) is 0 Å². The van der Waals surface area contributed by atoms with E-state index in [-0.39, 0.29) is 11.9 Å². The highest BCUT2D eigenvalue weighted by atomic mass is 16.2. The fraction of sp³-hybridized carbons (Fsp3) is 0.263. The molecule has 2 aromatic carbocycles. The van der Waals surface area contributed by atoms with Gasteiger partial charge in [-0.25, -0.2) is 0 Å². The van der Waals surface area contributed by atoms with Gasteiger partial charge in [-0.1, -0.05) is 12.1 Å². The number of nitrogens with one attached hydrogen (secondary N) is 2. The van der Waals surface area contributed by atoms with Crippen LogP contribution in [0.1, 0.15) is 30.0 Å². The molecule has 1 aliphatic carbocycles. The molecule has 3 rings (SSSR count). The van der Waals surface area contributed by atoms with E-state index in [0.29, 0.717) is 11.3 Å². The van der Waals surface area contributed by atoms with Crippen LogP contribution in [0.25, 0.3) is 0 Å². The van der Waals surface area contributed by atoms with Gasteiger partial charge in [-0.2, -0.15) is 5.26 Å². The lowest BCUT2D eigenvalue weighted by Gasteiger charge is -2.16. The average Bonchev–Trinajstić information content (AvgIpc) is 3.02. The molecule has 0 saturated heterocycles. The summed E-state index contributed by atoms with van der Waals surface area (Å²) in [6.45, 7) is 1.83. The van der Waals surface area contributed by atoms with E-state index in [1.54, 1.807) is 24.3 Å². The number of benzene rings is 2. The number of carbonyl (C=O) groups is 1. The van der Waals surface area contributed by atoms with Gasteiger partial charge in [0.05, 0.1) is 11.6 Å². The van der Waals surface area contributed by atoms with Gasteiger partial charge < -0.3 is 10.6 Å². The van der Waals surface area contributed by atoms with Crippen LogP contribution >= 0.6 is 0 Å². The van der Waals surface area contributed by atoms with Gasteiger partial charge in [-0.05, 0) is 67.6 Å². The third-order valence-corrected chi connectivity index (χ3v) is 4.13. The molecule has 0 aromatic heterocycles. The lowest BCUT2D eigenvalue weighted by atomic mass is 10.1. The molecular weight excluding hydrogens is 286 g/mol. The third-order valence-electron chi connectivity index (χ3n) is 4.13. The lowest BCUT2D eigenvalue weighted by molar-refractivity contribution is -0.116. The topological polar surface area (TPSA) is 64.9 Å². The molecular formula is C19H19N3O. The first-order chi connectivity index (χ1) is 11.2. The molecule has 0 radical (unpaired) electrons. The molecule has 2 N–H and O–H groups in total. The molecule has 0 spiro atoms. The Morgan fingerprint density at radius 2 is 1.96 bits per heavy atom. The minimum Gasteiger partial charge on any atom is -0.374 e. The van der Waals surface area contributed by atoms with Crippen molar-refractivity contribution in [2.45, 2.75) is 32.2 Å². The van der Waals surface area contributed by atoms with Crippen molar-refractivity contribution in [3.8, 4) is 6.07 Å². The Morgan fingerprint density at radius 3 is 2.78 bits per heavy atom. The van der Waals surface area contributed by atoms with Gasteiger partial charge in [0.25, 0.3) is 0 Å². The van der Waals surface area contributed by atoms with Gasteiger partial charge in [0, 0.05) is 11.4 Å². The van der Waals surface area contributed by atoms with Crippen LogP contribution in [0, 0.1) is 11.3 Å². The van der Waals surface area contributed by atoms with E-state index in [9.17, 15) is 4.79 Å². The summed E-state index contributed by atoms with van der Waals surface area (Å²) in [5.74, 6) is -0.124. The first kappa shape index (κ1) is 15.1. The number of fused-ring (bicyclic) bond motifs is 1. The van der Waals surface area contributed by atoms with Crippen LogP contribution in [0.15, 0.2) is 42.5 Å². The molecule has 1 aliphatic rings. The highest BCUT2D eigenvalue weighted by Gasteiger charge is 2.15. The third kappa shape index (κ3) is 3.51. The molecule has 23 heavy (non-hydrogen) atoms. The number of hydrogen-bond donors (Lipinski definition) is 2. The standard InChI is InChI=1S/C19H19N3O/c1-13(19(23)22-17-7-2-4-14(10-17)12-20)21-18-9-8-15-5-3-6-16(15)11-18/h2,4,7-11,13,21H,3,5-6H2,1H3,(H,22,23). The first-order valence-corrected chi connectivity index (χ1v) is 7.85. The van der Waals surface area contributed by atoms with Gasteiger partial charge in [0.2, 0.25) is 5.91 Å². The summed E-state index contributed by atoms with van der Waals surface area (Å²) in [6.07, 6.45) is 3.48. The summed E-state index contributed by atoms with van der Waals surface area (Å²) in [7, 11) is 0. The van der Waals surface area contributed by atoms with Crippen molar-refractivity contribution in [3.63, 3.8) is 0 Å².